The summed E-state index contributed by atoms with van der Waals surface area (Å²) < 4.78 is 0. The molecule has 1 radical (unpaired) electrons. The zero-order valence-electron chi connectivity index (χ0n) is 22.8. The number of amides is 3. The van der Waals surface area contributed by atoms with Crippen LogP contribution in [-0.4, -0.2) is 50.9 Å². The van der Waals surface area contributed by atoms with Crippen molar-refractivity contribution in [3.8, 4) is 11.3 Å². The molecule has 0 saturated carbocycles. The van der Waals surface area contributed by atoms with Gasteiger partial charge in [0.1, 0.15) is 6.04 Å². The maximum atomic E-state index is 12.5. The standard InChI is InChI=1S/C22H24N6O3.C7H6Cl2.V/c1-14(21(23)30)28(2)22(31)15-5-3-7-17(11-15)25-20(29)9-8-18-12-19(27-26-18)16-6-4-10-24-13-16;1-5-2-3-6(8)7(9)4-5;/h3-7,10-14H,8-9H2,1-2H3,(H2,23,30)(H,25,29)(H,26,27);2-4H,1H3;. The molecule has 0 bridgehead atoms. The Bertz CT molecular complexity index is 1480. The summed E-state index contributed by atoms with van der Waals surface area (Å²) in [6, 6.07) is 17.0. The molecular formula is C29H30Cl2N6O3V. The van der Waals surface area contributed by atoms with E-state index < -0.39 is 11.9 Å². The Hall–Kier alpha value is -3.63. The number of carbonyl (C=O) groups excluding carboxylic acids is 3. The first kappa shape index (κ1) is 33.6. The van der Waals surface area contributed by atoms with Crippen molar-refractivity contribution < 1.29 is 32.9 Å². The van der Waals surface area contributed by atoms with Crippen LogP contribution >= 0.6 is 23.2 Å². The first-order valence-electron chi connectivity index (χ1n) is 12.4. The summed E-state index contributed by atoms with van der Waals surface area (Å²) in [5.41, 5.74) is 9.74. The molecule has 0 spiro atoms. The topological polar surface area (TPSA) is 134 Å². The van der Waals surface area contributed by atoms with Gasteiger partial charge in [0, 0.05) is 66.9 Å². The Labute approximate surface area is 260 Å². The number of anilines is 1. The number of hydrogen-bond acceptors (Lipinski definition) is 5. The average molecular weight is 632 g/mol. The summed E-state index contributed by atoms with van der Waals surface area (Å²) in [6.45, 7) is 3.53. The molecule has 2 aromatic heterocycles. The van der Waals surface area contributed by atoms with Gasteiger partial charge in [-0.3, -0.25) is 24.5 Å². The van der Waals surface area contributed by atoms with Crippen molar-refractivity contribution in [1.29, 1.82) is 0 Å². The van der Waals surface area contributed by atoms with Crippen LogP contribution in [0.25, 0.3) is 11.3 Å². The molecule has 0 aliphatic heterocycles. The number of halogens is 2. The van der Waals surface area contributed by atoms with Crippen molar-refractivity contribution in [1.82, 2.24) is 20.1 Å². The number of aryl methyl sites for hydroxylation is 2. The van der Waals surface area contributed by atoms with Crippen LogP contribution in [-0.2, 0) is 34.6 Å². The first-order chi connectivity index (χ1) is 19.0. The van der Waals surface area contributed by atoms with Crippen LogP contribution in [0.15, 0.2) is 73.1 Å². The Morgan fingerprint density at radius 1 is 1.05 bits per heavy atom. The molecule has 2 aromatic carbocycles. The maximum absolute atomic E-state index is 12.5. The van der Waals surface area contributed by atoms with Gasteiger partial charge >= 0.3 is 0 Å². The zero-order chi connectivity index (χ0) is 29.2. The van der Waals surface area contributed by atoms with Gasteiger partial charge in [0.25, 0.3) is 5.91 Å². The molecule has 0 fully saturated rings. The molecule has 0 aliphatic rings. The van der Waals surface area contributed by atoms with Crippen molar-refractivity contribution in [3.05, 3.63) is 99.9 Å². The fraction of sp³-hybridized carbons (Fsp3) is 0.207. The summed E-state index contributed by atoms with van der Waals surface area (Å²) in [7, 11) is 1.51. The van der Waals surface area contributed by atoms with Crippen molar-refractivity contribution in [2.24, 2.45) is 5.73 Å². The molecule has 4 rings (SSSR count). The molecule has 9 nitrogen and oxygen atoms in total. The van der Waals surface area contributed by atoms with E-state index in [1.54, 1.807) is 49.6 Å². The second kappa shape index (κ2) is 16.0. The fourth-order valence-corrected chi connectivity index (χ4v) is 3.88. The zero-order valence-corrected chi connectivity index (χ0v) is 25.7. The molecule has 3 amide bonds. The number of aromatic nitrogens is 3. The fourth-order valence-electron chi connectivity index (χ4n) is 3.53. The van der Waals surface area contributed by atoms with E-state index in [2.05, 4.69) is 20.5 Å². The Balaban J connectivity index is 0.000000501. The molecule has 0 aliphatic carbocycles. The average Bonchev–Trinajstić information content (AvgIpc) is 3.43. The number of rotatable bonds is 8. The van der Waals surface area contributed by atoms with E-state index in [1.807, 2.05) is 37.3 Å². The normalized spacial score (nSPS) is 10.9. The second-order valence-electron chi connectivity index (χ2n) is 9.06. The second-order valence-corrected chi connectivity index (χ2v) is 9.88. The number of aromatic amines is 1. The minimum atomic E-state index is -0.739. The monoisotopic (exact) mass is 631 g/mol. The van der Waals surface area contributed by atoms with Gasteiger partial charge in [0.15, 0.2) is 0 Å². The SMILES string of the molecule is CC(C(N)=O)N(C)C(=O)c1cccc(NC(=O)CCc2cc(-c3cccnc3)n[nH]2)c1.Cc1ccc(Cl)c(Cl)c1.[V]. The number of nitrogens with two attached hydrogens (primary N) is 1. The van der Waals surface area contributed by atoms with Gasteiger partial charge in [-0.25, -0.2) is 0 Å². The van der Waals surface area contributed by atoms with E-state index in [0.29, 0.717) is 27.7 Å². The third-order valence-electron chi connectivity index (χ3n) is 5.99. The molecule has 1 unspecified atom stereocenters. The summed E-state index contributed by atoms with van der Waals surface area (Å²) in [5, 5.41) is 11.2. The number of primary amides is 1. The smallest absolute Gasteiger partial charge is 0.254 e. The van der Waals surface area contributed by atoms with E-state index >= 15 is 0 Å². The predicted molar refractivity (Wildman–Crippen MR) is 157 cm³/mol. The van der Waals surface area contributed by atoms with E-state index in [0.717, 1.165) is 22.5 Å². The van der Waals surface area contributed by atoms with Gasteiger partial charge in [-0.1, -0.05) is 35.3 Å². The largest absolute Gasteiger partial charge is 0.368 e. The third-order valence-corrected chi connectivity index (χ3v) is 6.73. The van der Waals surface area contributed by atoms with Crippen LogP contribution in [0, 0.1) is 6.92 Å². The summed E-state index contributed by atoms with van der Waals surface area (Å²) >= 11 is 11.3. The van der Waals surface area contributed by atoms with Gasteiger partial charge in [-0.2, -0.15) is 5.10 Å². The minimum absolute atomic E-state index is 0. The summed E-state index contributed by atoms with van der Waals surface area (Å²) in [5.74, 6) is -1.14. The summed E-state index contributed by atoms with van der Waals surface area (Å²) in [4.78, 5) is 41.6. The van der Waals surface area contributed by atoms with Gasteiger partial charge in [0.05, 0.1) is 15.7 Å². The molecule has 213 valence electrons. The number of H-pyrrole nitrogens is 1. The van der Waals surface area contributed by atoms with Crippen LogP contribution in [0.5, 0.6) is 0 Å². The number of hydrogen-bond donors (Lipinski definition) is 3. The van der Waals surface area contributed by atoms with Crippen LogP contribution in [0.4, 0.5) is 5.69 Å². The van der Waals surface area contributed by atoms with Gasteiger partial charge in [-0.15, -0.1) is 0 Å². The predicted octanol–water partition coefficient (Wildman–Crippen LogP) is 5.29. The van der Waals surface area contributed by atoms with Crippen LogP contribution < -0.4 is 11.1 Å². The number of nitrogens with zero attached hydrogens (tertiary/aromatic N) is 3. The maximum Gasteiger partial charge on any atom is 0.254 e. The minimum Gasteiger partial charge on any atom is -0.368 e. The van der Waals surface area contributed by atoms with Crippen molar-refractivity contribution in [2.45, 2.75) is 32.7 Å². The Morgan fingerprint density at radius 3 is 2.44 bits per heavy atom. The van der Waals surface area contributed by atoms with Gasteiger partial charge in [0.2, 0.25) is 11.8 Å². The molecule has 1 atom stereocenters. The van der Waals surface area contributed by atoms with E-state index in [9.17, 15) is 14.4 Å². The number of nitrogens with one attached hydrogen (secondary N) is 2. The van der Waals surface area contributed by atoms with Gasteiger partial charge < -0.3 is 16.0 Å². The number of likely N-dealkylation sites (N-methyl/N-ethyl adjacent to an activating group) is 1. The number of pyridine rings is 1. The molecular weight excluding hydrogens is 602 g/mol. The summed E-state index contributed by atoms with van der Waals surface area (Å²) in [6.07, 6.45) is 4.14. The van der Waals surface area contributed by atoms with Gasteiger partial charge in [-0.05, 0) is 74.4 Å². The first-order valence-corrected chi connectivity index (χ1v) is 13.1. The molecule has 4 N–H and O–H groups in total. The molecule has 2 heterocycles. The molecule has 12 heteroatoms. The van der Waals surface area contributed by atoms with E-state index in [-0.39, 0.29) is 36.8 Å². The van der Waals surface area contributed by atoms with Crippen LogP contribution in [0.3, 0.4) is 0 Å². The third kappa shape index (κ3) is 10.1. The van der Waals surface area contributed by atoms with Crippen molar-refractivity contribution >= 4 is 46.6 Å². The number of carbonyl (C=O) groups is 3. The van der Waals surface area contributed by atoms with E-state index in [1.165, 1.54) is 11.9 Å². The quantitative estimate of drug-likeness (QED) is 0.243. The Morgan fingerprint density at radius 2 is 1.80 bits per heavy atom. The van der Waals surface area contributed by atoms with Crippen LogP contribution in [0.1, 0.15) is 35.0 Å². The van der Waals surface area contributed by atoms with Crippen molar-refractivity contribution in [2.75, 3.05) is 12.4 Å². The molecule has 4 aromatic rings. The number of benzene rings is 2. The van der Waals surface area contributed by atoms with Crippen LogP contribution in [0.2, 0.25) is 10.0 Å². The Kier molecular flexibility index (Phi) is 13.1. The van der Waals surface area contributed by atoms with Crippen molar-refractivity contribution in [3.63, 3.8) is 0 Å². The molecule has 0 saturated heterocycles. The van der Waals surface area contributed by atoms with E-state index in [4.69, 9.17) is 28.9 Å². The molecule has 41 heavy (non-hydrogen) atoms.